The highest BCUT2D eigenvalue weighted by molar-refractivity contribution is 9.10. The van der Waals surface area contributed by atoms with Gasteiger partial charge in [-0.2, -0.15) is 0 Å². The number of carboxylic acids is 1. The molecule has 0 aliphatic rings. The molecule has 1 aromatic rings. The molecule has 0 aliphatic heterocycles. The van der Waals surface area contributed by atoms with E-state index in [-0.39, 0.29) is 5.56 Å². The summed E-state index contributed by atoms with van der Waals surface area (Å²) in [6.45, 7) is 1.45. The molecule has 0 saturated heterocycles. The highest BCUT2D eigenvalue weighted by atomic mass is 79.9. The molecule has 5 heteroatoms. The largest absolute Gasteiger partial charge is 0.480 e. The van der Waals surface area contributed by atoms with Crippen LogP contribution in [0.2, 0.25) is 0 Å². The zero-order chi connectivity index (χ0) is 10.0. The van der Waals surface area contributed by atoms with Gasteiger partial charge in [-0.3, -0.25) is 4.79 Å². The summed E-state index contributed by atoms with van der Waals surface area (Å²) in [5, 5.41) is 8.68. The maximum absolute atomic E-state index is 11.4. The van der Waals surface area contributed by atoms with Gasteiger partial charge in [0.1, 0.15) is 6.04 Å². The van der Waals surface area contributed by atoms with Crippen molar-refractivity contribution in [1.82, 2.24) is 4.57 Å². The molecule has 1 aromatic heterocycles. The number of aliphatic carboxylic acids is 1. The topological polar surface area (TPSA) is 59.3 Å². The summed E-state index contributed by atoms with van der Waals surface area (Å²) in [4.78, 5) is 22.0. The van der Waals surface area contributed by atoms with Gasteiger partial charge in [0.2, 0.25) is 0 Å². The Bertz CT molecular complexity index is 385. The van der Waals surface area contributed by atoms with Crippen molar-refractivity contribution in [3.63, 3.8) is 0 Å². The molecular weight excluding hydrogens is 238 g/mol. The zero-order valence-corrected chi connectivity index (χ0v) is 8.48. The van der Waals surface area contributed by atoms with E-state index in [2.05, 4.69) is 15.9 Å². The molecule has 0 radical (unpaired) electrons. The van der Waals surface area contributed by atoms with E-state index in [1.807, 2.05) is 0 Å². The summed E-state index contributed by atoms with van der Waals surface area (Å²) in [6.07, 6.45) is 1.45. The van der Waals surface area contributed by atoms with Gasteiger partial charge in [0.05, 0.1) is 4.47 Å². The Morgan fingerprint density at radius 2 is 2.31 bits per heavy atom. The van der Waals surface area contributed by atoms with Crippen LogP contribution in [0, 0.1) is 0 Å². The van der Waals surface area contributed by atoms with Crippen LogP contribution in [0.5, 0.6) is 0 Å². The average molecular weight is 246 g/mol. The predicted molar refractivity (Wildman–Crippen MR) is 50.7 cm³/mol. The maximum atomic E-state index is 11.4. The molecule has 1 heterocycles. The highest BCUT2D eigenvalue weighted by Crippen LogP contribution is 2.06. The standard InChI is InChI=1S/C8H8BrNO3/c1-5(8(12)13)10-4-2-3-6(9)7(10)11/h2-5H,1H3,(H,12,13)/t5-/m1/s1. The average Bonchev–Trinajstić information content (AvgIpc) is 2.08. The first-order valence-corrected chi connectivity index (χ1v) is 4.43. The fourth-order valence-electron chi connectivity index (χ4n) is 0.907. The second-order valence-corrected chi connectivity index (χ2v) is 3.44. The second kappa shape index (κ2) is 3.74. The van der Waals surface area contributed by atoms with Crippen LogP contribution in [0.15, 0.2) is 27.6 Å². The van der Waals surface area contributed by atoms with E-state index in [1.165, 1.54) is 13.1 Å². The lowest BCUT2D eigenvalue weighted by atomic mass is 10.3. The van der Waals surface area contributed by atoms with Crippen LogP contribution in [0.4, 0.5) is 0 Å². The van der Waals surface area contributed by atoms with Gasteiger partial charge < -0.3 is 9.67 Å². The van der Waals surface area contributed by atoms with E-state index in [4.69, 9.17) is 5.11 Å². The van der Waals surface area contributed by atoms with E-state index in [1.54, 1.807) is 12.1 Å². The minimum Gasteiger partial charge on any atom is -0.480 e. The molecule has 0 unspecified atom stereocenters. The van der Waals surface area contributed by atoms with Gasteiger partial charge in [0, 0.05) is 6.20 Å². The van der Waals surface area contributed by atoms with Gasteiger partial charge in [0.25, 0.3) is 5.56 Å². The molecule has 0 aromatic carbocycles. The predicted octanol–water partition coefficient (Wildman–Crippen LogP) is 1.26. The van der Waals surface area contributed by atoms with Crippen LogP contribution in [0.25, 0.3) is 0 Å². The molecule has 0 aliphatic carbocycles. The SMILES string of the molecule is C[C@H](C(=O)O)n1cccc(Br)c1=O. The Morgan fingerprint density at radius 1 is 1.69 bits per heavy atom. The Kier molecular flexibility index (Phi) is 2.87. The molecule has 4 nitrogen and oxygen atoms in total. The lowest BCUT2D eigenvalue weighted by Crippen LogP contribution is -2.27. The van der Waals surface area contributed by atoms with E-state index in [9.17, 15) is 9.59 Å². The van der Waals surface area contributed by atoms with Crippen molar-refractivity contribution in [3.05, 3.63) is 33.2 Å². The van der Waals surface area contributed by atoms with E-state index in [0.29, 0.717) is 4.47 Å². The summed E-state index contributed by atoms with van der Waals surface area (Å²) in [5.41, 5.74) is -0.336. The monoisotopic (exact) mass is 245 g/mol. The lowest BCUT2D eigenvalue weighted by molar-refractivity contribution is -0.140. The summed E-state index contributed by atoms with van der Waals surface area (Å²) in [6, 6.07) is 2.35. The fraction of sp³-hybridized carbons (Fsp3) is 0.250. The molecule has 0 saturated carbocycles. The van der Waals surface area contributed by atoms with Crippen molar-refractivity contribution in [2.45, 2.75) is 13.0 Å². The Balaban J connectivity index is 3.23. The van der Waals surface area contributed by atoms with Crippen molar-refractivity contribution in [2.75, 3.05) is 0 Å². The minimum absolute atomic E-state index is 0.336. The van der Waals surface area contributed by atoms with Gasteiger partial charge in [-0.05, 0) is 35.0 Å². The van der Waals surface area contributed by atoms with Crippen molar-refractivity contribution < 1.29 is 9.90 Å². The van der Waals surface area contributed by atoms with Crippen molar-refractivity contribution >= 4 is 21.9 Å². The van der Waals surface area contributed by atoms with Gasteiger partial charge >= 0.3 is 5.97 Å². The number of hydrogen-bond acceptors (Lipinski definition) is 2. The number of nitrogens with zero attached hydrogens (tertiary/aromatic N) is 1. The molecule has 0 bridgehead atoms. The van der Waals surface area contributed by atoms with Crippen molar-refractivity contribution in [1.29, 1.82) is 0 Å². The molecule has 0 fully saturated rings. The molecule has 0 spiro atoms. The first kappa shape index (κ1) is 9.98. The summed E-state index contributed by atoms with van der Waals surface area (Å²) in [5.74, 6) is -1.03. The number of carboxylic acid groups (broad SMARTS) is 1. The zero-order valence-electron chi connectivity index (χ0n) is 6.90. The Morgan fingerprint density at radius 3 is 2.85 bits per heavy atom. The molecular formula is C8H8BrNO3. The van der Waals surface area contributed by atoms with Crippen LogP contribution in [-0.4, -0.2) is 15.6 Å². The van der Waals surface area contributed by atoms with Gasteiger partial charge in [-0.15, -0.1) is 0 Å². The maximum Gasteiger partial charge on any atom is 0.326 e. The first-order valence-electron chi connectivity index (χ1n) is 3.63. The van der Waals surface area contributed by atoms with Crippen LogP contribution in [0.3, 0.4) is 0 Å². The Labute approximate surface area is 82.9 Å². The third-order valence-corrected chi connectivity index (χ3v) is 2.31. The van der Waals surface area contributed by atoms with Crippen LogP contribution < -0.4 is 5.56 Å². The van der Waals surface area contributed by atoms with Crippen molar-refractivity contribution in [3.8, 4) is 0 Å². The Hall–Kier alpha value is -1.10. The van der Waals surface area contributed by atoms with E-state index < -0.39 is 12.0 Å². The molecule has 1 rings (SSSR count). The molecule has 0 amide bonds. The third-order valence-electron chi connectivity index (χ3n) is 1.70. The number of halogens is 1. The number of carbonyl (C=O) groups is 1. The highest BCUT2D eigenvalue weighted by Gasteiger charge is 2.14. The quantitative estimate of drug-likeness (QED) is 0.854. The summed E-state index contributed by atoms with van der Waals surface area (Å²) >= 11 is 3.04. The normalized spacial score (nSPS) is 12.5. The van der Waals surface area contributed by atoms with Crippen LogP contribution in [0.1, 0.15) is 13.0 Å². The van der Waals surface area contributed by atoms with Crippen LogP contribution >= 0.6 is 15.9 Å². The minimum atomic E-state index is -1.03. The second-order valence-electron chi connectivity index (χ2n) is 2.58. The third kappa shape index (κ3) is 1.98. The van der Waals surface area contributed by atoms with Gasteiger partial charge in [-0.1, -0.05) is 0 Å². The van der Waals surface area contributed by atoms with Gasteiger partial charge in [-0.25, -0.2) is 4.79 Å². The summed E-state index contributed by atoms with van der Waals surface area (Å²) < 4.78 is 1.52. The number of pyridine rings is 1. The summed E-state index contributed by atoms with van der Waals surface area (Å²) in [7, 11) is 0. The van der Waals surface area contributed by atoms with Crippen molar-refractivity contribution in [2.24, 2.45) is 0 Å². The number of hydrogen-bond donors (Lipinski definition) is 1. The lowest BCUT2D eigenvalue weighted by Gasteiger charge is -2.09. The van der Waals surface area contributed by atoms with Crippen LogP contribution in [-0.2, 0) is 4.79 Å². The number of aromatic nitrogens is 1. The molecule has 70 valence electrons. The molecule has 1 atom stereocenters. The molecule has 13 heavy (non-hydrogen) atoms. The number of rotatable bonds is 2. The smallest absolute Gasteiger partial charge is 0.326 e. The fourth-order valence-corrected chi connectivity index (χ4v) is 1.26. The van der Waals surface area contributed by atoms with E-state index in [0.717, 1.165) is 4.57 Å². The van der Waals surface area contributed by atoms with E-state index >= 15 is 0 Å². The molecule has 1 N–H and O–H groups in total. The first-order chi connectivity index (χ1) is 6.04. The van der Waals surface area contributed by atoms with Gasteiger partial charge in [0.15, 0.2) is 0 Å².